The maximum atomic E-state index is 13.0. The van der Waals surface area contributed by atoms with Gasteiger partial charge >= 0.3 is 39.5 Å². The zero-order chi connectivity index (χ0) is 64.9. The van der Waals surface area contributed by atoms with Crippen molar-refractivity contribution < 1.29 is 80.2 Å². The number of allylic oxidation sites excluding steroid dienone is 4. The van der Waals surface area contributed by atoms with Gasteiger partial charge in [0.2, 0.25) is 0 Å². The number of carbonyl (C=O) groups is 4. The third-order valence-corrected chi connectivity index (χ3v) is 17.3. The molecule has 0 spiro atoms. The minimum atomic E-state index is -4.96. The van der Waals surface area contributed by atoms with Gasteiger partial charge in [-0.3, -0.25) is 37.3 Å². The van der Waals surface area contributed by atoms with Crippen molar-refractivity contribution in [2.24, 2.45) is 5.92 Å². The summed E-state index contributed by atoms with van der Waals surface area (Å²) in [4.78, 5) is 72.4. The first-order valence-corrected chi connectivity index (χ1v) is 38.4. The summed E-state index contributed by atoms with van der Waals surface area (Å²) < 4.78 is 68.1. The first-order valence-electron chi connectivity index (χ1n) is 35.5. The molecule has 0 fully saturated rings. The minimum absolute atomic E-state index is 0.0854. The third kappa shape index (κ3) is 62.4. The Morgan fingerprint density at radius 1 is 0.352 bits per heavy atom. The fourth-order valence-electron chi connectivity index (χ4n) is 9.93. The predicted molar refractivity (Wildman–Crippen MR) is 354 cm³/mol. The lowest BCUT2D eigenvalue weighted by atomic mass is 10.0. The van der Waals surface area contributed by atoms with E-state index in [9.17, 15) is 43.2 Å². The Morgan fingerprint density at radius 2 is 0.614 bits per heavy atom. The number of esters is 4. The first kappa shape index (κ1) is 85.5. The molecule has 0 aliphatic rings. The number of carbonyl (C=O) groups excluding carboxylic acids is 4. The molecule has 0 aromatic rings. The van der Waals surface area contributed by atoms with Gasteiger partial charge in [0, 0.05) is 25.7 Å². The number of phosphoric acid groups is 2. The number of rotatable bonds is 67. The highest BCUT2D eigenvalue weighted by Crippen LogP contribution is 2.45. The van der Waals surface area contributed by atoms with Crippen LogP contribution in [0, 0.1) is 5.92 Å². The lowest BCUT2D eigenvalue weighted by Crippen LogP contribution is -2.30. The van der Waals surface area contributed by atoms with Gasteiger partial charge in [-0.05, 0) is 57.3 Å². The fourth-order valence-corrected chi connectivity index (χ4v) is 11.5. The lowest BCUT2D eigenvalue weighted by molar-refractivity contribution is -0.161. The molecule has 0 aliphatic heterocycles. The van der Waals surface area contributed by atoms with Crippen LogP contribution in [-0.4, -0.2) is 96.7 Å². The highest BCUT2D eigenvalue weighted by molar-refractivity contribution is 7.47. The van der Waals surface area contributed by atoms with Crippen molar-refractivity contribution in [2.75, 3.05) is 39.6 Å². The molecule has 0 heterocycles. The number of phosphoric ester groups is 2. The zero-order valence-corrected chi connectivity index (χ0v) is 58.1. The molecule has 5 atom stereocenters. The highest BCUT2D eigenvalue weighted by Gasteiger charge is 2.30. The Morgan fingerprint density at radius 3 is 0.932 bits per heavy atom. The molecule has 0 aromatic heterocycles. The van der Waals surface area contributed by atoms with Crippen LogP contribution in [0.15, 0.2) is 24.3 Å². The summed E-state index contributed by atoms with van der Waals surface area (Å²) in [5, 5.41) is 10.6. The van der Waals surface area contributed by atoms with Crippen LogP contribution >= 0.6 is 15.6 Å². The normalized spacial score (nSPS) is 14.3. The summed E-state index contributed by atoms with van der Waals surface area (Å²) in [6, 6.07) is 0. The van der Waals surface area contributed by atoms with Crippen LogP contribution < -0.4 is 0 Å². The molecule has 0 amide bonds. The van der Waals surface area contributed by atoms with Gasteiger partial charge in [0.05, 0.1) is 26.4 Å². The molecule has 0 rings (SSSR count). The first-order chi connectivity index (χ1) is 42.5. The van der Waals surface area contributed by atoms with Gasteiger partial charge in [0.25, 0.3) is 0 Å². The van der Waals surface area contributed by atoms with Crippen LogP contribution in [-0.2, 0) is 65.4 Å². The van der Waals surface area contributed by atoms with E-state index < -0.39 is 97.5 Å². The summed E-state index contributed by atoms with van der Waals surface area (Å²) in [5.41, 5.74) is 0. The molecule has 0 aromatic carbocycles. The van der Waals surface area contributed by atoms with E-state index in [0.717, 1.165) is 109 Å². The molecule has 0 aliphatic carbocycles. The Labute approximate surface area is 535 Å². The molecular weight excluding hydrogens is 1160 g/mol. The molecule has 2 unspecified atom stereocenters. The van der Waals surface area contributed by atoms with Gasteiger partial charge in [-0.1, -0.05) is 277 Å². The predicted octanol–water partition coefficient (Wildman–Crippen LogP) is 19.3. The van der Waals surface area contributed by atoms with Crippen LogP contribution in [0.4, 0.5) is 0 Å². The Balaban J connectivity index is 5.27. The molecular formula is C69H130O17P2. The number of aliphatic hydroxyl groups is 1. The Hall–Kier alpha value is -2.46. The van der Waals surface area contributed by atoms with Crippen LogP contribution in [0.3, 0.4) is 0 Å². The zero-order valence-electron chi connectivity index (χ0n) is 56.3. The van der Waals surface area contributed by atoms with Gasteiger partial charge in [0.15, 0.2) is 12.2 Å². The number of hydrogen-bond donors (Lipinski definition) is 3. The number of aliphatic hydroxyl groups excluding tert-OH is 1. The van der Waals surface area contributed by atoms with E-state index in [0.29, 0.717) is 31.6 Å². The second-order valence-corrected chi connectivity index (χ2v) is 27.6. The number of hydrogen-bond acceptors (Lipinski definition) is 15. The maximum absolute atomic E-state index is 13.0. The topological polar surface area (TPSA) is 237 Å². The standard InChI is InChI=1S/C69H130O17P2/c1-6-9-12-15-18-21-24-26-28-30-32-35-38-45-50-55-69(74)85-64(58-79-66(71)52-47-42-36-34-31-29-27-25-22-19-16-13-10-7-2)60-83-87(75,76)81-56-63(70)57-82-88(77,78)84-61-65(59-80-67(72)53-48-43-40-39-41-46-51-62(4)5)86-68(73)54-49-44-37-33-23-20-17-14-11-8-3/h21,24,26,28,62-65,70H,6-20,22-23,25,27,29-61H2,1-5H3,(H,75,76)(H,77,78)/b24-21-,28-26-/t63-,64-,65-/m1/s1. The van der Waals surface area contributed by atoms with Crippen LogP contribution in [0.2, 0.25) is 0 Å². The monoisotopic (exact) mass is 1290 g/mol. The van der Waals surface area contributed by atoms with E-state index in [4.69, 9.17) is 37.0 Å². The summed E-state index contributed by atoms with van der Waals surface area (Å²) in [6.45, 7) is 7.08. The van der Waals surface area contributed by atoms with E-state index in [1.807, 2.05) is 0 Å². The molecule has 0 radical (unpaired) electrons. The van der Waals surface area contributed by atoms with E-state index in [2.05, 4.69) is 58.9 Å². The Kier molecular flexibility index (Phi) is 60.3. The van der Waals surface area contributed by atoms with E-state index >= 15 is 0 Å². The number of unbranched alkanes of at least 4 members (excludes halogenated alkanes) is 36. The summed E-state index contributed by atoms with van der Waals surface area (Å²) in [7, 11) is -9.91. The molecule has 0 saturated carbocycles. The number of ether oxygens (including phenoxy) is 4. The molecule has 3 N–H and O–H groups in total. The molecule has 518 valence electrons. The van der Waals surface area contributed by atoms with Crippen molar-refractivity contribution >= 4 is 39.5 Å². The maximum Gasteiger partial charge on any atom is 0.472 e. The largest absolute Gasteiger partial charge is 0.472 e. The van der Waals surface area contributed by atoms with Gasteiger partial charge in [-0.2, -0.15) is 0 Å². The smallest absolute Gasteiger partial charge is 0.462 e. The molecule has 19 heteroatoms. The van der Waals surface area contributed by atoms with Gasteiger partial charge in [0.1, 0.15) is 19.3 Å². The summed E-state index contributed by atoms with van der Waals surface area (Å²) in [5.74, 6) is -1.48. The van der Waals surface area contributed by atoms with Crippen molar-refractivity contribution in [1.29, 1.82) is 0 Å². The highest BCUT2D eigenvalue weighted by atomic mass is 31.2. The van der Waals surface area contributed by atoms with Crippen molar-refractivity contribution in [2.45, 2.75) is 348 Å². The van der Waals surface area contributed by atoms with Crippen molar-refractivity contribution in [3.8, 4) is 0 Å². The van der Waals surface area contributed by atoms with Crippen molar-refractivity contribution in [3.05, 3.63) is 24.3 Å². The lowest BCUT2D eigenvalue weighted by Gasteiger charge is -2.21. The van der Waals surface area contributed by atoms with E-state index in [1.165, 1.54) is 135 Å². The van der Waals surface area contributed by atoms with Crippen molar-refractivity contribution in [1.82, 2.24) is 0 Å². The minimum Gasteiger partial charge on any atom is -0.462 e. The van der Waals surface area contributed by atoms with Crippen LogP contribution in [0.5, 0.6) is 0 Å². The summed E-state index contributed by atoms with van der Waals surface area (Å²) >= 11 is 0. The van der Waals surface area contributed by atoms with Gasteiger partial charge < -0.3 is 33.8 Å². The fraction of sp³-hybridized carbons (Fsp3) is 0.884. The second-order valence-electron chi connectivity index (χ2n) is 24.7. The SMILES string of the molecule is CCCCCC/C=C\C=C/CCCCCCCC(=O)O[C@H](COC(=O)CCCCCCCCCCCCCCCC)COP(=O)(O)OC[C@@H](O)COP(=O)(O)OC[C@@H](COC(=O)CCCCCCCCC(C)C)OC(=O)CCCCCCCCCCCC. The Bertz CT molecular complexity index is 1800. The molecule has 0 bridgehead atoms. The second kappa shape index (κ2) is 62.0. The van der Waals surface area contributed by atoms with Gasteiger partial charge in [-0.25, -0.2) is 9.13 Å². The van der Waals surface area contributed by atoms with Gasteiger partial charge in [-0.15, -0.1) is 0 Å². The quantitative estimate of drug-likeness (QED) is 0.0169. The molecule has 17 nitrogen and oxygen atoms in total. The van der Waals surface area contributed by atoms with Crippen LogP contribution in [0.25, 0.3) is 0 Å². The van der Waals surface area contributed by atoms with Crippen molar-refractivity contribution in [3.63, 3.8) is 0 Å². The third-order valence-electron chi connectivity index (χ3n) is 15.4. The van der Waals surface area contributed by atoms with E-state index in [-0.39, 0.29) is 25.7 Å². The summed E-state index contributed by atoms with van der Waals surface area (Å²) in [6.07, 6.45) is 50.9. The molecule has 88 heavy (non-hydrogen) atoms. The van der Waals surface area contributed by atoms with Crippen LogP contribution in [0.1, 0.15) is 330 Å². The van der Waals surface area contributed by atoms with E-state index in [1.54, 1.807) is 0 Å². The average molecular weight is 1290 g/mol. The molecule has 0 saturated heterocycles. The average Bonchev–Trinajstić information content (AvgIpc) is 3.67.